The normalized spacial score (nSPS) is 10.9. The Morgan fingerprint density at radius 3 is 2.06 bits per heavy atom. The molecule has 0 radical (unpaired) electrons. The molecular formula is C26H23BrN2OS. The van der Waals surface area contributed by atoms with Crippen molar-refractivity contribution in [3.05, 3.63) is 105 Å². The molecule has 0 aliphatic heterocycles. The first-order chi connectivity index (χ1) is 15.2. The Balaban J connectivity index is 1.66. The predicted octanol–water partition coefficient (Wildman–Crippen LogP) is 7.30. The number of aromatic nitrogens is 1. The average Bonchev–Trinajstić information content (AvgIpc) is 3.18. The lowest BCUT2D eigenvalue weighted by Gasteiger charge is -2.17. The summed E-state index contributed by atoms with van der Waals surface area (Å²) >= 11 is 5.06. The average molecular weight is 491 g/mol. The summed E-state index contributed by atoms with van der Waals surface area (Å²) in [6, 6.07) is 27.9. The van der Waals surface area contributed by atoms with E-state index in [4.69, 9.17) is 4.98 Å². The fourth-order valence-electron chi connectivity index (χ4n) is 3.60. The number of hydrogen-bond acceptors (Lipinski definition) is 3. The zero-order valence-corrected chi connectivity index (χ0v) is 19.6. The van der Waals surface area contributed by atoms with Crippen molar-refractivity contribution >= 4 is 38.3 Å². The molecule has 3 aromatic carbocycles. The van der Waals surface area contributed by atoms with Gasteiger partial charge in [0.15, 0.2) is 5.13 Å². The standard InChI is InChI=1S/C26H23BrN2OS/c1-2-9-22-24(20-14-16-21(27)17-15-20)28-26(31-22)29-25(30)23(18-10-5-3-6-11-18)19-12-7-4-8-13-19/h3-8,10-17,23H,2,9H2,1H3,(H,28,29,30). The van der Waals surface area contributed by atoms with Crippen molar-refractivity contribution in [3.8, 4) is 11.3 Å². The molecule has 0 saturated carbocycles. The highest BCUT2D eigenvalue weighted by Crippen LogP contribution is 2.34. The maximum atomic E-state index is 13.4. The Kier molecular flexibility index (Phi) is 6.95. The van der Waals surface area contributed by atoms with E-state index in [-0.39, 0.29) is 5.91 Å². The fraction of sp³-hybridized carbons (Fsp3) is 0.154. The third-order valence-corrected chi connectivity index (χ3v) is 6.61. The van der Waals surface area contributed by atoms with Crippen LogP contribution in [-0.2, 0) is 11.2 Å². The number of hydrogen-bond donors (Lipinski definition) is 1. The second-order valence-electron chi connectivity index (χ2n) is 7.29. The summed E-state index contributed by atoms with van der Waals surface area (Å²) in [7, 11) is 0. The molecule has 4 rings (SSSR count). The van der Waals surface area contributed by atoms with E-state index in [1.807, 2.05) is 72.8 Å². The molecule has 31 heavy (non-hydrogen) atoms. The summed E-state index contributed by atoms with van der Waals surface area (Å²) in [5.41, 5.74) is 3.94. The van der Waals surface area contributed by atoms with Crippen molar-refractivity contribution in [2.45, 2.75) is 25.7 Å². The Bertz CT molecular complexity index is 1100. The number of carbonyl (C=O) groups excluding carboxylic acids is 1. The monoisotopic (exact) mass is 490 g/mol. The third kappa shape index (κ3) is 5.12. The molecule has 5 heteroatoms. The molecule has 0 saturated heterocycles. The van der Waals surface area contributed by atoms with Gasteiger partial charge >= 0.3 is 0 Å². The molecular weight excluding hydrogens is 468 g/mol. The number of aryl methyl sites for hydroxylation is 1. The highest BCUT2D eigenvalue weighted by atomic mass is 79.9. The fourth-order valence-corrected chi connectivity index (χ4v) is 4.95. The van der Waals surface area contributed by atoms with Crippen molar-refractivity contribution in [2.75, 3.05) is 5.32 Å². The molecule has 0 unspecified atom stereocenters. The number of benzene rings is 3. The molecule has 1 aromatic heterocycles. The molecule has 156 valence electrons. The molecule has 4 aromatic rings. The lowest BCUT2D eigenvalue weighted by atomic mass is 9.90. The van der Waals surface area contributed by atoms with Crippen molar-refractivity contribution in [2.24, 2.45) is 0 Å². The summed E-state index contributed by atoms with van der Waals surface area (Å²) in [6.07, 6.45) is 1.95. The summed E-state index contributed by atoms with van der Waals surface area (Å²) in [4.78, 5) is 19.4. The minimum atomic E-state index is -0.392. The molecule has 3 nitrogen and oxygen atoms in total. The van der Waals surface area contributed by atoms with E-state index in [9.17, 15) is 4.79 Å². The van der Waals surface area contributed by atoms with Gasteiger partial charge in [0.25, 0.3) is 0 Å². The molecule has 0 atom stereocenters. The Morgan fingerprint density at radius 2 is 1.52 bits per heavy atom. The predicted molar refractivity (Wildman–Crippen MR) is 133 cm³/mol. The topological polar surface area (TPSA) is 42.0 Å². The molecule has 0 bridgehead atoms. The number of carbonyl (C=O) groups is 1. The van der Waals surface area contributed by atoms with Gasteiger partial charge in [-0.3, -0.25) is 4.79 Å². The number of thiazole rings is 1. The maximum Gasteiger partial charge on any atom is 0.238 e. The van der Waals surface area contributed by atoms with Gasteiger partial charge in [-0.25, -0.2) is 4.98 Å². The Labute approximate surface area is 195 Å². The van der Waals surface area contributed by atoms with Crippen molar-refractivity contribution in [1.82, 2.24) is 4.98 Å². The zero-order chi connectivity index (χ0) is 21.6. The number of nitrogens with one attached hydrogen (secondary N) is 1. The second-order valence-corrected chi connectivity index (χ2v) is 9.29. The van der Waals surface area contributed by atoms with Gasteiger partial charge in [-0.15, -0.1) is 11.3 Å². The number of halogens is 1. The number of nitrogens with zero attached hydrogens (tertiary/aromatic N) is 1. The van der Waals surface area contributed by atoms with Crippen LogP contribution < -0.4 is 5.32 Å². The maximum absolute atomic E-state index is 13.4. The highest BCUT2D eigenvalue weighted by Gasteiger charge is 2.24. The largest absolute Gasteiger partial charge is 0.301 e. The lowest BCUT2D eigenvalue weighted by Crippen LogP contribution is -2.22. The minimum absolute atomic E-state index is 0.0726. The lowest BCUT2D eigenvalue weighted by molar-refractivity contribution is -0.116. The van der Waals surface area contributed by atoms with E-state index in [0.29, 0.717) is 5.13 Å². The van der Waals surface area contributed by atoms with Crippen LogP contribution in [0.3, 0.4) is 0 Å². The summed E-state index contributed by atoms with van der Waals surface area (Å²) in [5, 5.41) is 3.74. The van der Waals surface area contributed by atoms with Crippen LogP contribution in [0.1, 0.15) is 35.3 Å². The number of rotatable bonds is 7. The van der Waals surface area contributed by atoms with E-state index >= 15 is 0 Å². The van der Waals surface area contributed by atoms with Gasteiger partial charge in [0.05, 0.1) is 11.6 Å². The molecule has 1 N–H and O–H groups in total. The molecule has 0 aliphatic rings. The molecule has 1 heterocycles. The van der Waals surface area contributed by atoms with Gasteiger partial charge in [-0.1, -0.05) is 102 Å². The zero-order valence-electron chi connectivity index (χ0n) is 17.2. The van der Waals surface area contributed by atoms with Crippen molar-refractivity contribution in [3.63, 3.8) is 0 Å². The Hall–Kier alpha value is -2.76. The third-order valence-electron chi connectivity index (χ3n) is 5.05. The Morgan fingerprint density at radius 1 is 0.935 bits per heavy atom. The van der Waals surface area contributed by atoms with Crippen LogP contribution in [0.15, 0.2) is 89.4 Å². The van der Waals surface area contributed by atoms with Gasteiger partial charge in [0, 0.05) is 14.9 Å². The van der Waals surface area contributed by atoms with Crippen LogP contribution in [0.2, 0.25) is 0 Å². The van der Waals surface area contributed by atoms with E-state index in [1.54, 1.807) is 11.3 Å². The van der Waals surface area contributed by atoms with E-state index in [1.165, 1.54) is 4.88 Å². The van der Waals surface area contributed by atoms with Crippen LogP contribution >= 0.6 is 27.3 Å². The van der Waals surface area contributed by atoms with Crippen LogP contribution in [0, 0.1) is 0 Å². The second kappa shape index (κ2) is 10.0. The van der Waals surface area contributed by atoms with Crippen LogP contribution in [0.5, 0.6) is 0 Å². The first-order valence-electron chi connectivity index (χ1n) is 10.3. The first kappa shape index (κ1) is 21.5. The summed E-state index contributed by atoms with van der Waals surface area (Å²) < 4.78 is 1.03. The summed E-state index contributed by atoms with van der Waals surface area (Å²) in [5.74, 6) is -0.464. The van der Waals surface area contributed by atoms with E-state index < -0.39 is 5.92 Å². The first-order valence-corrected chi connectivity index (χ1v) is 11.9. The van der Waals surface area contributed by atoms with Crippen molar-refractivity contribution < 1.29 is 4.79 Å². The molecule has 0 fully saturated rings. The van der Waals surface area contributed by atoms with Gasteiger partial charge in [-0.05, 0) is 29.7 Å². The molecule has 0 aliphatic carbocycles. The minimum Gasteiger partial charge on any atom is -0.301 e. The molecule has 1 amide bonds. The smallest absolute Gasteiger partial charge is 0.238 e. The highest BCUT2D eigenvalue weighted by molar-refractivity contribution is 9.10. The number of anilines is 1. The van der Waals surface area contributed by atoms with Gasteiger partial charge in [-0.2, -0.15) is 0 Å². The van der Waals surface area contributed by atoms with Gasteiger partial charge in [0.2, 0.25) is 5.91 Å². The summed E-state index contributed by atoms with van der Waals surface area (Å²) in [6.45, 7) is 2.16. The van der Waals surface area contributed by atoms with Crippen molar-refractivity contribution in [1.29, 1.82) is 0 Å². The molecule has 0 spiro atoms. The van der Waals surface area contributed by atoms with Crippen LogP contribution in [0.4, 0.5) is 5.13 Å². The number of amides is 1. The SMILES string of the molecule is CCCc1sc(NC(=O)C(c2ccccc2)c2ccccc2)nc1-c1ccc(Br)cc1. The van der Waals surface area contributed by atoms with Crippen LogP contribution in [0.25, 0.3) is 11.3 Å². The quantitative estimate of drug-likeness (QED) is 0.295. The van der Waals surface area contributed by atoms with Gasteiger partial charge in [0.1, 0.15) is 0 Å². The van der Waals surface area contributed by atoms with E-state index in [0.717, 1.165) is 39.7 Å². The van der Waals surface area contributed by atoms with Gasteiger partial charge < -0.3 is 5.32 Å². The van der Waals surface area contributed by atoms with E-state index in [2.05, 4.69) is 40.3 Å². The van der Waals surface area contributed by atoms with Crippen LogP contribution in [-0.4, -0.2) is 10.9 Å².